The lowest BCUT2D eigenvalue weighted by molar-refractivity contribution is -0.148. The number of benzene rings is 3. The molecule has 9 nitrogen and oxygen atoms in total. The molecule has 0 fully saturated rings. The van der Waals surface area contributed by atoms with Crippen LogP contribution in [-0.2, 0) is 19.1 Å². The van der Waals surface area contributed by atoms with Crippen molar-refractivity contribution in [2.24, 2.45) is 5.73 Å². The molecule has 0 bridgehead atoms. The molecule has 0 spiro atoms. The van der Waals surface area contributed by atoms with Gasteiger partial charge in [-0.2, -0.15) is 0 Å². The molecule has 0 radical (unpaired) electrons. The molecule has 236 valence electrons. The fraction of sp³-hybridized carbons (Fsp3) is 0.429. The maximum absolute atomic E-state index is 14.6. The SMILES string of the molecule is CCC(C)(C)N(C(=O)C(CCC(N)=O)NC(=O)OC(C)(C)C)C(C(=O)Nc1ccc2ccccc2c1)c1cc(C)ccc1C. The van der Waals surface area contributed by atoms with Crippen LogP contribution in [0.25, 0.3) is 10.8 Å². The summed E-state index contributed by atoms with van der Waals surface area (Å²) in [6, 6.07) is 17.0. The molecular weight excluding hydrogens is 556 g/mol. The Labute approximate surface area is 260 Å². The van der Waals surface area contributed by atoms with E-state index >= 15 is 0 Å². The van der Waals surface area contributed by atoms with Gasteiger partial charge in [0.1, 0.15) is 17.7 Å². The minimum absolute atomic E-state index is 0.0600. The second kappa shape index (κ2) is 13.9. The number of aryl methyl sites for hydroxylation is 2. The van der Waals surface area contributed by atoms with Crippen molar-refractivity contribution < 1.29 is 23.9 Å². The number of nitrogens with one attached hydrogen (secondary N) is 2. The van der Waals surface area contributed by atoms with E-state index in [-0.39, 0.29) is 12.8 Å². The number of ether oxygens (including phenoxy) is 1. The van der Waals surface area contributed by atoms with E-state index in [0.717, 1.165) is 21.9 Å². The summed E-state index contributed by atoms with van der Waals surface area (Å²) < 4.78 is 5.44. The van der Waals surface area contributed by atoms with Gasteiger partial charge in [0.15, 0.2) is 0 Å². The van der Waals surface area contributed by atoms with Gasteiger partial charge >= 0.3 is 6.09 Å². The van der Waals surface area contributed by atoms with Crippen molar-refractivity contribution in [2.75, 3.05) is 5.32 Å². The minimum atomic E-state index is -1.18. The zero-order chi connectivity index (χ0) is 32.8. The monoisotopic (exact) mass is 602 g/mol. The van der Waals surface area contributed by atoms with Crippen LogP contribution in [0.1, 0.15) is 83.5 Å². The van der Waals surface area contributed by atoms with Gasteiger partial charge in [-0.25, -0.2) is 4.79 Å². The average molecular weight is 603 g/mol. The molecule has 0 aliphatic carbocycles. The number of primary amides is 1. The first-order chi connectivity index (χ1) is 20.5. The summed E-state index contributed by atoms with van der Waals surface area (Å²) >= 11 is 0. The Morgan fingerprint density at radius 2 is 1.57 bits per heavy atom. The molecule has 2 unspecified atom stereocenters. The van der Waals surface area contributed by atoms with Gasteiger partial charge in [-0.15, -0.1) is 0 Å². The Bertz CT molecular complexity index is 1530. The smallest absolute Gasteiger partial charge is 0.408 e. The minimum Gasteiger partial charge on any atom is -0.444 e. The number of nitrogens with two attached hydrogens (primary N) is 1. The zero-order valence-corrected chi connectivity index (χ0v) is 27.1. The Balaban J connectivity index is 2.15. The van der Waals surface area contributed by atoms with Gasteiger partial charge in [0, 0.05) is 17.6 Å². The lowest BCUT2D eigenvalue weighted by Gasteiger charge is -2.45. The van der Waals surface area contributed by atoms with Gasteiger partial charge in [-0.05, 0) is 95.3 Å². The first-order valence-electron chi connectivity index (χ1n) is 15.0. The third-order valence-electron chi connectivity index (χ3n) is 7.68. The molecule has 3 aromatic carbocycles. The van der Waals surface area contributed by atoms with Crippen LogP contribution in [0.15, 0.2) is 60.7 Å². The van der Waals surface area contributed by atoms with E-state index in [1.54, 1.807) is 20.8 Å². The standard InChI is InChI=1S/C35H46N4O5/c1-9-35(7,8)39(32(42)28(18-19-29(36)40)38-33(43)44-34(4,5)6)30(27-20-22(2)14-15-23(27)3)31(41)37-26-17-16-24-12-10-11-13-25(24)21-26/h10-17,20-21,28,30H,9,18-19H2,1-8H3,(H2,36,40)(H,37,41)(H,38,43). The van der Waals surface area contributed by atoms with Crippen LogP contribution in [-0.4, -0.2) is 45.9 Å². The fourth-order valence-electron chi connectivity index (χ4n) is 5.04. The van der Waals surface area contributed by atoms with E-state index in [2.05, 4.69) is 10.6 Å². The Kier molecular flexibility index (Phi) is 10.8. The lowest BCUT2D eigenvalue weighted by atomic mass is 9.89. The molecule has 0 aliphatic heterocycles. The summed E-state index contributed by atoms with van der Waals surface area (Å²) in [6.45, 7) is 14.7. The number of carbonyl (C=O) groups is 4. The highest BCUT2D eigenvalue weighted by atomic mass is 16.6. The van der Waals surface area contributed by atoms with Crippen molar-refractivity contribution in [3.05, 3.63) is 77.4 Å². The molecule has 0 saturated heterocycles. The second-order valence-corrected chi connectivity index (χ2v) is 12.9. The Morgan fingerprint density at radius 3 is 2.18 bits per heavy atom. The molecule has 44 heavy (non-hydrogen) atoms. The highest BCUT2D eigenvalue weighted by molar-refractivity contribution is 6.01. The largest absolute Gasteiger partial charge is 0.444 e. The highest BCUT2D eigenvalue weighted by Crippen LogP contribution is 2.35. The normalized spacial score (nSPS) is 13.1. The van der Waals surface area contributed by atoms with E-state index in [9.17, 15) is 19.2 Å². The number of alkyl carbamates (subject to hydrolysis) is 1. The van der Waals surface area contributed by atoms with Gasteiger partial charge in [0.25, 0.3) is 5.91 Å². The fourth-order valence-corrected chi connectivity index (χ4v) is 5.04. The summed E-state index contributed by atoms with van der Waals surface area (Å²) in [5.41, 5.74) is 6.78. The summed E-state index contributed by atoms with van der Waals surface area (Å²) in [5.74, 6) is -1.55. The number of rotatable bonds is 11. The first kappa shape index (κ1) is 34.1. The van der Waals surface area contributed by atoms with Crippen LogP contribution in [0.4, 0.5) is 10.5 Å². The van der Waals surface area contributed by atoms with Crippen molar-refractivity contribution in [1.29, 1.82) is 0 Å². The topological polar surface area (TPSA) is 131 Å². The van der Waals surface area contributed by atoms with Crippen LogP contribution in [0.2, 0.25) is 0 Å². The maximum atomic E-state index is 14.6. The third-order valence-corrected chi connectivity index (χ3v) is 7.68. The van der Waals surface area contributed by atoms with E-state index in [1.165, 1.54) is 4.90 Å². The van der Waals surface area contributed by atoms with Crippen molar-refractivity contribution in [2.45, 2.75) is 97.9 Å². The predicted molar refractivity (Wildman–Crippen MR) is 174 cm³/mol. The van der Waals surface area contributed by atoms with Crippen LogP contribution in [0.5, 0.6) is 0 Å². The van der Waals surface area contributed by atoms with Crippen molar-refractivity contribution in [3.63, 3.8) is 0 Å². The second-order valence-electron chi connectivity index (χ2n) is 12.9. The van der Waals surface area contributed by atoms with Gasteiger partial charge in [0.2, 0.25) is 11.8 Å². The number of hydrogen-bond donors (Lipinski definition) is 3. The molecule has 3 rings (SSSR count). The molecule has 9 heteroatoms. The van der Waals surface area contributed by atoms with Crippen LogP contribution >= 0.6 is 0 Å². The van der Waals surface area contributed by atoms with Crippen molar-refractivity contribution in [1.82, 2.24) is 10.2 Å². The number of nitrogens with zero attached hydrogens (tertiary/aromatic N) is 1. The van der Waals surface area contributed by atoms with E-state index in [1.807, 2.05) is 95.3 Å². The summed E-state index contributed by atoms with van der Waals surface area (Å²) in [7, 11) is 0. The van der Waals surface area contributed by atoms with E-state index in [0.29, 0.717) is 17.7 Å². The van der Waals surface area contributed by atoms with Gasteiger partial charge in [-0.1, -0.05) is 61.0 Å². The molecule has 0 aliphatic rings. The number of anilines is 1. The molecular formula is C35H46N4O5. The number of carbonyl (C=O) groups excluding carboxylic acids is 4. The van der Waals surface area contributed by atoms with Crippen LogP contribution in [0.3, 0.4) is 0 Å². The number of fused-ring (bicyclic) bond motifs is 1. The van der Waals surface area contributed by atoms with Crippen LogP contribution < -0.4 is 16.4 Å². The molecule has 0 saturated carbocycles. The molecule has 0 aromatic heterocycles. The molecule has 2 atom stereocenters. The Morgan fingerprint density at radius 1 is 0.909 bits per heavy atom. The average Bonchev–Trinajstić information content (AvgIpc) is 2.93. The van der Waals surface area contributed by atoms with E-state index in [4.69, 9.17) is 10.5 Å². The predicted octanol–water partition coefficient (Wildman–Crippen LogP) is 6.31. The number of amides is 4. The molecule has 0 heterocycles. The Hall–Kier alpha value is -4.40. The lowest BCUT2D eigenvalue weighted by Crippen LogP contribution is -2.59. The first-order valence-corrected chi connectivity index (χ1v) is 15.0. The zero-order valence-electron chi connectivity index (χ0n) is 27.1. The van der Waals surface area contributed by atoms with Crippen molar-refractivity contribution in [3.8, 4) is 0 Å². The summed E-state index contributed by atoms with van der Waals surface area (Å²) in [6.07, 6.45) is -0.517. The van der Waals surface area contributed by atoms with Crippen molar-refractivity contribution >= 4 is 40.3 Å². The quantitative estimate of drug-likeness (QED) is 0.237. The summed E-state index contributed by atoms with van der Waals surface area (Å²) in [5, 5.41) is 7.70. The molecule has 4 amide bonds. The third kappa shape index (κ3) is 8.81. The maximum Gasteiger partial charge on any atom is 0.408 e. The van der Waals surface area contributed by atoms with Gasteiger partial charge in [0.05, 0.1) is 0 Å². The van der Waals surface area contributed by atoms with Gasteiger partial charge in [-0.3, -0.25) is 14.4 Å². The molecule has 4 N–H and O–H groups in total. The summed E-state index contributed by atoms with van der Waals surface area (Å²) in [4.78, 5) is 55.3. The number of hydrogen-bond acceptors (Lipinski definition) is 5. The molecule has 3 aromatic rings. The van der Waals surface area contributed by atoms with Gasteiger partial charge < -0.3 is 26.0 Å². The highest BCUT2D eigenvalue weighted by Gasteiger charge is 2.43. The van der Waals surface area contributed by atoms with E-state index < -0.39 is 47.0 Å². The van der Waals surface area contributed by atoms with Crippen LogP contribution in [0, 0.1) is 13.8 Å².